The summed E-state index contributed by atoms with van der Waals surface area (Å²) in [4.78, 5) is 4.87. The lowest BCUT2D eigenvalue weighted by Crippen LogP contribution is -2.23. The molecule has 0 saturated carbocycles. The second-order valence-corrected chi connectivity index (χ2v) is 8.95. The van der Waals surface area contributed by atoms with Gasteiger partial charge in [0.15, 0.2) is 9.84 Å². The molecule has 2 rings (SSSR count). The maximum atomic E-state index is 11.4. The lowest BCUT2D eigenvalue weighted by molar-refractivity contribution is 0.124. The van der Waals surface area contributed by atoms with Crippen molar-refractivity contribution in [2.75, 3.05) is 19.8 Å². The molecule has 6 heteroatoms. The number of hydrogen-bond acceptors (Lipinski definition) is 5. The molecule has 1 unspecified atom stereocenters. The molecule has 1 aromatic carbocycles. The molecule has 0 bridgehead atoms. The van der Waals surface area contributed by atoms with Crippen LogP contribution in [0.5, 0.6) is 0 Å². The monoisotopic (exact) mass is 339 g/mol. The van der Waals surface area contributed by atoms with Gasteiger partial charge in [-0.2, -0.15) is 0 Å². The summed E-state index contributed by atoms with van der Waals surface area (Å²) in [5.74, 6) is 0. The average molecular weight is 339 g/mol. The summed E-state index contributed by atoms with van der Waals surface area (Å²) < 4.78 is 22.9. The van der Waals surface area contributed by atoms with E-state index in [-0.39, 0.29) is 4.90 Å². The summed E-state index contributed by atoms with van der Waals surface area (Å²) in [6.07, 6.45) is 0.537. The van der Waals surface area contributed by atoms with Crippen molar-refractivity contribution in [2.45, 2.75) is 24.5 Å². The van der Waals surface area contributed by atoms with Crippen LogP contribution in [-0.2, 0) is 16.4 Å². The first kappa shape index (κ1) is 17.1. The molecular weight excluding hydrogens is 318 g/mol. The van der Waals surface area contributed by atoms with Crippen molar-refractivity contribution in [2.24, 2.45) is 0 Å². The number of hydrogen-bond donors (Lipinski definition) is 1. The third kappa shape index (κ3) is 4.64. The van der Waals surface area contributed by atoms with E-state index >= 15 is 0 Å². The normalized spacial score (nSPS) is 13.5. The number of rotatable bonds is 6. The van der Waals surface area contributed by atoms with E-state index in [1.165, 1.54) is 28.1 Å². The Bertz CT molecular complexity index is 720. The third-order valence-corrected chi connectivity index (χ3v) is 5.51. The van der Waals surface area contributed by atoms with Gasteiger partial charge in [0.25, 0.3) is 0 Å². The summed E-state index contributed by atoms with van der Waals surface area (Å²) in [5, 5.41) is 10.3. The first-order valence-electron chi connectivity index (χ1n) is 6.97. The molecule has 0 aliphatic heterocycles. The Hall–Kier alpha value is -1.21. The molecule has 0 aliphatic carbocycles. The number of sulfone groups is 1. The van der Waals surface area contributed by atoms with Crippen LogP contribution >= 0.6 is 11.3 Å². The molecule has 0 fully saturated rings. The fourth-order valence-electron chi connectivity index (χ4n) is 2.24. The predicted octanol–water partition coefficient (Wildman–Crippen LogP) is 2.63. The zero-order valence-electron chi connectivity index (χ0n) is 13.0. The van der Waals surface area contributed by atoms with Crippen molar-refractivity contribution in [3.63, 3.8) is 0 Å². The van der Waals surface area contributed by atoms with Crippen molar-refractivity contribution in [1.82, 2.24) is 4.90 Å². The third-order valence-electron chi connectivity index (χ3n) is 3.40. The standard InChI is InChI=1S/C16H21NO3S2/c1-12-4-7-14(21-12)10-17(2)11-16(18)13-5-8-15(9-6-13)22(3,19)20/h4-9,16,18H,10-11H2,1-3H3. The van der Waals surface area contributed by atoms with Crippen molar-refractivity contribution >= 4 is 21.2 Å². The number of aliphatic hydroxyl groups is 1. The largest absolute Gasteiger partial charge is 0.387 e. The average Bonchev–Trinajstić information content (AvgIpc) is 2.83. The highest BCUT2D eigenvalue weighted by Gasteiger charge is 2.13. The molecule has 1 heterocycles. The van der Waals surface area contributed by atoms with Crippen molar-refractivity contribution in [3.8, 4) is 0 Å². The summed E-state index contributed by atoms with van der Waals surface area (Å²) in [7, 11) is -1.24. The van der Waals surface area contributed by atoms with E-state index in [2.05, 4.69) is 24.0 Å². The van der Waals surface area contributed by atoms with Crippen molar-refractivity contribution in [3.05, 3.63) is 51.7 Å². The first-order chi connectivity index (χ1) is 10.3. The molecule has 1 atom stereocenters. The van der Waals surface area contributed by atoms with Gasteiger partial charge in [0.05, 0.1) is 11.0 Å². The minimum Gasteiger partial charge on any atom is -0.387 e. The van der Waals surface area contributed by atoms with Gasteiger partial charge in [-0.05, 0) is 43.8 Å². The van der Waals surface area contributed by atoms with Crippen molar-refractivity contribution in [1.29, 1.82) is 0 Å². The number of likely N-dealkylation sites (N-methyl/N-ethyl adjacent to an activating group) is 1. The summed E-state index contributed by atoms with van der Waals surface area (Å²) in [6.45, 7) is 3.36. The molecule has 1 N–H and O–H groups in total. The van der Waals surface area contributed by atoms with Crippen LogP contribution in [0.2, 0.25) is 0 Å². The summed E-state index contributed by atoms with van der Waals surface area (Å²) in [6, 6.07) is 10.6. The van der Waals surface area contributed by atoms with E-state index in [1.54, 1.807) is 23.5 Å². The first-order valence-corrected chi connectivity index (χ1v) is 9.68. The SMILES string of the molecule is Cc1ccc(CN(C)CC(O)c2ccc(S(C)(=O)=O)cc2)s1. The predicted molar refractivity (Wildman–Crippen MR) is 89.9 cm³/mol. The molecule has 2 aromatic rings. The van der Waals surface area contributed by atoms with Gasteiger partial charge in [-0.1, -0.05) is 12.1 Å². The van der Waals surface area contributed by atoms with Crippen molar-refractivity contribution < 1.29 is 13.5 Å². The Morgan fingerprint density at radius 2 is 1.82 bits per heavy atom. The van der Waals surface area contributed by atoms with Crippen LogP contribution in [0.3, 0.4) is 0 Å². The van der Waals surface area contributed by atoms with Crippen LogP contribution in [0, 0.1) is 6.92 Å². The topological polar surface area (TPSA) is 57.6 Å². The smallest absolute Gasteiger partial charge is 0.175 e. The minimum atomic E-state index is -3.20. The Labute approximate surface area is 135 Å². The minimum absolute atomic E-state index is 0.269. The van der Waals surface area contributed by atoms with Crippen LogP contribution in [0.4, 0.5) is 0 Å². The van der Waals surface area contributed by atoms with Crippen LogP contribution in [0.15, 0.2) is 41.3 Å². The van der Waals surface area contributed by atoms with E-state index in [4.69, 9.17) is 0 Å². The number of nitrogens with zero attached hydrogens (tertiary/aromatic N) is 1. The van der Waals surface area contributed by atoms with Crippen LogP contribution in [0.25, 0.3) is 0 Å². The molecular formula is C16H21NO3S2. The quantitative estimate of drug-likeness (QED) is 0.879. The molecule has 0 aliphatic rings. The Morgan fingerprint density at radius 3 is 2.32 bits per heavy atom. The fraction of sp³-hybridized carbons (Fsp3) is 0.375. The zero-order chi connectivity index (χ0) is 16.3. The Balaban J connectivity index is 1.98. The van der Waals surface area contributed by atoms with Gasteiger partial charge in [-0.3, -0.25) is 4.90 Å². The number of benzene rings is 1. The maximum Gasteiger partial charge on any atom is 0.175 e. The molecule has 4 nitrogen and oxygen atoms in total. The Morgan fingerprint density at radius 1 is 1.18 bits per heavy atom. The molecule has 22 heavy (non-hydrogen) atoms. The van der Waals surface area contributed by atoms with Gasteiger partial charge in [0.1, 0.15) is 0 Å². The lowest BCUT2D eigenvalue weighted by atomic mass is 10.1. The number of thiophene rings is 1. The number of aliphatic hydroxyl groups excluding tert-OH is 1. The zero-order valence-corrected chi connectivity index (χ0v) is 14.6. The molecule has 120 valence electrons. The second kappa shape index (κ2) is 6.91. The summed E-state index contributed by atoms with van der Waals surface area (Å²) >= 11 is 1.75. The van der Waals surface area contributed by atoms with E-state index in [1.807, 2.05) is 7.05 Å². The number of aryl methyl sites for hydroxylation is 1. The van der Waals surface area contributed by atoms with Gasteiger partial charge < -0.3 is 5.11 Å². The molecule has 0 spiro atoms. The van der Waals surface area contributed by atoms with Gasteiger partial charge in [-0.15, -0.1) is 11.3 Å². The lowest BCUT2D eigenvalue weighted by Gasteiger charge is -2.20. The second-order valence-electron chi connectivity index (χ2n) is 5.57. The van der Waals surface area contributed by atoms with Gasteiger partial charge >= 0.3 is 0 Å². The highest BCUT2D eigenvalue weighted by Crippen LogP contribution is 2.20. The van der Waals surface area contributed by atoms with E-state index in [0.29, 0.717) is 6.54 Å². The fourth-order valence-corrected chi connectivity index (χ4v) is 3.84. The highest BCUT2D eigenvalue weighted by molar-refractivity contribution is 7.90. The van der Waals surface area contributed by atoms with Gasteiger partial charge in [-0.25, -0.2) is 8.42 Å². The molecule has 0 radical (unpaired) electrons. The maximum absolute atomic E-state index is 11.4. The molecule has 0 amide bonds. The highest BCUT2D eigenvalue weighted by atomic mass is 32.2. The van der Waals surface area contributed by atoms with Gasteiger partial charge in [0.2, 0.25) is 0 Å². The summed E-state index contributed by atoms with van der Waals surface area (Å²) in [5.41, 5.74) is 0.724. The van der Waals surface area contributed by atoms with Crippen LogP contribution < -0.4 is 0 Å². The molecule has 0 saturated heterocycles. The van der Waals surface area contributed by atoms with E-state index in [9.17, 15) is 13.5 Å². The van der Waals surface area contributed by atoms with E-state index < -0.39 is 15.9 Å². The van der Waals surface area contributed by atoms with Crippen LogP contribution in [0.1, 0.15) is 21.4 Å². The van der Waals surface area contributed by atoms with Crippen LogP contribution in [-0.4, -0.2) is 38.3 Å². The van der Waals surface area contributed by atoms with Gasteiger partial charge in [0, 0.05) is 29.1 Å². The Kier molecular flexibility index (Phi) is 5.39. The molecule has 1 aromatic heterocycles. The van der Waals surface area contributed by atoms with E-state index in [0.717, 1.165) is 12.1 Å².